The number of methoxy groups -OCH3 is 2. The molecule has 36 heavy (non-hydrogen) atoms. The fourth-order valence-electron chi connectivity index (χ4n) is 3.75. The number of nitrogens with zero attached hydrogens (tertiary/aromatic N) is 2. The minimum absolute atomic E-state index is 0.00199. The number of benzene rings is 2. The van der Waals surface area contributed by atoms with Crippen molar-refractivity contribution in [2.24, 2.45) is 0 Å². The third-order valence-corrected chi connectivity index (χ3v) is 5.94. The first-order chi connectivity index (χ1) is 17.4. The molecule has 0 atom stereocenters. The largest absolute Gasteiger partial charge is 0.496 e. The quantitative estimate of drug-likeness (QED) is 0.243. The van der Waals surface area contributed by atoms with Crippen molar-refractivity contribution >= 4 is 23.2 Å². The third-order valence-electron chi connectivity index (χ3n) is 5.65. The molecule has 2 aromatic carbocycles. The molecule has 0 saturated carbocycles. The topological polar surface area (TPSA) is 78.4 Å². The highest BCUT2D eigenvalue weighted by molar-refractivity contribution is 6.31. The first-order valence-electron chi connectivity index (χ1n) is 11.1. The smallest absolute Gasteiger partial charge is 0.181 e. The molecule has 0 fully saturated rings. The Morgan fingerprint density at radius 2 is 1.56 bits per heavy atom. The average Bonchev–Trinajstić information content (AvgIpc) is 2.92. The molecular formula is C28H22ClFN2O4. The van der Waals surface area contributed by atoms with Crippen LogP contribution in [0.2, 0.25) is 5.02 Å². The molecule has 4 aromatic rings. The standard InChI is InChI=1S/C28H22ClFN2O4/c1-35-26-10-7-23(32-28(26)19-4-6-22(30)21(29)15-19)25(34)9-8-24(33)18-3-5-20(27(16-18)36-2)17-11-13-31-14-12-17/h3-7,10-16H,8-9H2,1-2H3. The summed E-state index contributed by atoms with van der Waals surface area (Å²) in [5.74, 6) is -0.0946. The maximum Gasteiger partial charge on any atom is 0.181 e. The highest BCUT2D eigenvalue weighted by atomic mass is 35.5. The van der Waals surface area contributed by atoms with Crippen molar-refractivity contribution in [2.75, 3.05) is 14.2 Å². The molecule has 0 bridgehead atoms. The number of carbonyl (C=O) groups excluding carboxylic acids is 2. The Bertz CT molecular complexity index is 1430. The van der Waals surface area contributed by atoms with Crippen LogP contribution in [0.4, 0.5) is 4.39 Å². The van der Waals surface area contributed by atoms with Gasteiger partial charge in [-0.25, -0.2) is 9.37 Å². The van der Waals surface area contributed by atoms with Crippen LogP contribution in [0.5, 0.6) is 11.5 Å². The van der Waals surface area contributed by atoms with Gasteiger partial charge in [-0.1, -0.05) is 17.7 Å². The molecule has 8 heteroatoms. The van der Waals surface area contributed by atoms with Gasteiger partial charge in [0.25, 0.3) is 0 Å². The maximum absolute atomic E-state index is 13.6. The van der Waals surface area contributed by atoms with Crippen LogP contribution < -0.4 is 9.47 Å². The van der Waals surface area contributed by atoms with Crippen LogP contribution in [-0.2, 0) is 0 Å². The van der Waals surface area contributed by atoms with E-state index in [0.29, 0.717) is 28.3 Å². The summed E-state index contributed by atoms with van der Waals surface area (Å²) < 4.78 is 24.4. The molecule has 0 amide bonds. The molecule has 0 N–H and O–H groups in total. The predicted octanol–water partition coefficient (Wildman–Crippen LogP) is 6.47. The summed E-state index contributed by atoms with van der Waals surface area (Å²) in [5, 5.41) is -0.0657. The van der Waals surface area contributed by atoms with E-state index in [1.165, 1.54) is 31.4 Å². The van der Waals surface area contributed by atoms with Crippen LogP contribution in [0.3, 0.4) is 0 Å². The van der Waals surface area contributed by atoms with E-state index in [1.54, 1.807) is 37.7 Å². The van der Waals surface area contributed by atoms with E-state index in [-0.39, 0.29) is 35.1 Å². The molecule has 0 unspecified atom stereocenters. The number of hydrogen-bond acceptors (Lipinski definition) is 6. The second kappa shape index (κ2) is 11.1. The molecule has 0 radical (unpaired) electrons. The van der Waals surface area contributed by atoms with Crippen molar-refractivity contribution < 1.29 is 23.5 Å². The fourth-order valence-corrected chi connectivity index (χ4v) is 3.93. The van der Waals surface area contributed by atoms with E-state index >= 15 is 0 Å². The SMILES string of the molecule is COc1cc(C(=O)CCC(=O)c2ccc(OC)c(-c3ccc(F)c(Cl)c3)n2)ccc1-c1ccncc1. The number of ether oxygens (including phenoxy) is 2. The van der Waals surface area contributed by atoms with Gasteiger partial charge in [-0.2, -0.15) is 0 Å². The highest BCUT2D eigenvalue weighted by Gasteiger charge is 2.18. The van der Waals surface area contributed by atoms with Gasteiger partial charge in [0, 0.05) is 41.9 Å². The van der Waals surface area contributed by atoms with Gasteiger partial charge in [0.05, 0.1) is 19.2 Å². The molecule has 182 valence electrons. The van der Waals surface area contributed by atoms with Crippen molar-refractivity contribution in [2.45, 2.75) is 12.8 Å². The zero-order valence-corrected chi connectivity index (χ0v) is 20.4. The number of pyridine rings is 2. The predicted molar refractivity (Wildman–Crippen MR) is 135 cm³/mol. The summed E-state index contributed by atoms with van der Waals surface area (Å²) in [6, 6.07) is 16.2. The minimum Gasteiger partial charge on any atom is -0.496 e. The maximum atomic E-state index is 13.6. The lowest BCUT2D eigenvalue weighted by molar-refractivity contribution is 0.0915. The molecule has 6 nitrogen and oxygen atoms in total. The number of ketones is 2. The van der Waals surface area contributed by atoms with Crippen LogP contribution in [0.1, 0.15) is 33.7 Å². The van der Waals surface area contributed by atoms with Gasteiger partial charge >= 0.3 is 0 Å². The van der Waals surface area contributed by atoms with Crippen LogP contribution in [0.25, 0.3) is 22.4 Å². The van der Waals surface area contributed by atoms with Gasteiger partial charge in [0.15, 0.2) is 11.6 Å². The molecule has 0 saturated heterocycles. The van der Waals surface area contributed by atoms with Gasteiger partial charge in [0.2, 0.25) is 0 Å². The van der Waals surface area contributed by atoms with E-state index in [2.05, 4.69) is 9.97 Å². The normalized spacial score (nSPS) is 10.7. The Morgan fingerprint density at radius 3 is 2.25 bits per heavy atom. The molecule has 2 aromatic heterocycles. The van der Waals surface area contributed by atoms with E-state index < -0.39 is 5.82 Å². The van der Waals surface area contributed by atoms with Gasteiger partial charge in [-0.05, 0) is 60.2 Å². The lowest BCUT2D eigenvalue weighted by Gasteiger charge is -2.11. The first kappa shape index (κ1) is 25.0. The van der Waals surface area contributed by atoms with Crippen molar-refractivity contribution in [3.8, 4) is 33.9 Å². The van der Waals surface area contributed by atoms with Crippen molar-refractivity contribution in [1.29, 1.82) is 0 Å². The Kier molecular flexibility index (Phi) is 7.71. The number of rotatable bonds is 9. The number of Topliss-reactive ketones (excluding diaryl/α,β-unsaturated/α-hetero) is 2. The minimum atomic E-state index is -0.560. The third kappa shape index (κ3) is 5.42. The number of carbonyl (C=O) groups is 2. The zero-order valence-electron chi connectivity index (χ0n) is 19.6. The van der Waals surface area contributed by atoms with E-state index in [4.69, 9.17) is 21.1 Å². The Morgan fingerprint density at radius 1 is 0.833 bits per heavy atom. The molecule has 2 heterocycles. The number of hydrogen-bond donors (Lipinski definition) is 0. The Hall–Kier alpha value is -4.10. The number of halogens is 2. The summed E-state index contributed by atoms with van der Waals surface area (Å²) >= 11 is 5.91. The van der Waals surface area contributed by atoms with Crippen molar-refractivity contribution in [1.82, 2.24) is 9.97 Å². The lowest BCUT2D eigenvalue weighted by atomic mass is 9.99. The lowest BCUT2D eigenvalue weighted by Crippen LogP contribution is -2.08. The second-order valence-electron chi connectivity index (χ2n) is 7.87. The van der Waals surface area contributed by atoms with Crippen LogP contribution in [0.15, 0.2) is 73.1 Å². The van der Waals surface area contributed by atoms with Crippen LogP contribution in [0, 0.1) is 5.82 Å². The summed E-state index contributed by atoms with van der Waals surface area (Å²) in [6.45, 7) is 0. The van der Waals surface area contributed by atoms with Crippen LogP contribution >= 0.6 is 11.6 Å². The van der Waals surface area contributed by atoms with E-state index in [9.17, 15) is 14.0 Å². The van der Waals surface area contributed by atoms with Gasteiger partial charge in [-0.15, -0.1) is 0 Å². The summed E-state index contributed by atoms with van der Waals surface area (Å²) in [5.41, 5.74) is 3.23. The molecule has 0 aliphatic rings. The number of aromatic nitrogens is 2. The highest BCUT2D eigenvalue weighted by Crippen LogP contribution is 2.32. The Balaban J connectivity index is 1.50. The first-order valence-corrected chi connectivity index (χ1v) is 11.4. The molecule has 0 aliphatic carbocycles. The summed E-state index contributed by atoms with van der Waals surface area (Å²) in [7, 11) is 3.01. The van der Waals surface area contributed by atoms with Crippen molar-refractivity contribution in [3.05, 3.63) is 95.2 Å². The monoisotopic (exact) mass is 504 g/mol. The van der Waals surface area contributed by atoms with Gasteiger partial charge in [-0.3, -0.25) is 14.6 Å². The molecule has 0 spiro atoms. The average molecular weight is 505 g/mol. The zero-order chi connectivity index (χ0) is 25.7. The fraction of sp³-hybridized carbons (Fsp3) is 0.143. The Labute approximate surface area is 212 Å². The van der Waals surface area contributed by atoms with Gasteiger partial charge < -0.3 is 9.47 Å². The molecule has 0 aliphatic heterocycles. The van der Waals surface area contributed by atoms with Crippen LogP contribution in [-0.4, -0.2) is 35.8 Å². The van der Waals surface area contributed by atoms with Gasteiger partial charge in [0.1, 0.15) is 28.7 Å². The summed E-state index contributed by atoms with van der Waals surface area (Å²) in [6.07, 6.45) is 3.34. The molecule has 4 rings (SSSR count). The van der Waals surface area contributed by atoms with Crippen molar-refractivity contribution in [3.63, 3.8) is 0 Å². The van der Waals surface area contributed by atoms with E-state index in [0.717, 1.165) is 11.1 Å². The summed E-state index contributed by atoms with van der Waals surface area (Å²) in [4.78, 5) is 34.2. The van der Waals surface area contributed by atoms with E-state index in [1.807, 2.05) is 18.2 Å². The molecular weight excluding hydrogens is 483 g/mol. The second-order valence-corrected chi connectivity index (χ2v) is 8.28.